The molecule has 1 saturated carbocycles. The lowest BCUT2D eigenvalue weighted by Gasteiger charge is -2.18. The Labute approximate surface area is 181 Å². The predicted octanol–water partition coefficient (Wildman–Crippen LogP) is 3.07. The summed E-state index contributed by atoms with van der Waals surface area (Å²) in [6, 6.07) is 13.4. The molecule has 1 heterocycles. The Morgan fingerprint density at radius 2 is 1.81 bits per heavy atom. The standard InChI is InChI=1S/C24H26N2O5/c1-30-20-12-11-17(13-21(20)31-18-9-5-6-10-18)23(28)25-19-14-22(27)26(24(19)29)15-16-7-3-2-4-8-16/h2-4,7-8,11-13,18-19H,5-6,9-10,14-15H2,1H3,(H,25,28). The SMILES string of the molecule is COc1ccc(C(=O)NC2CC(=O)N(Cc3ccccc3)C2=O)cc1OC1CCCC1. The van der Waals surface area contributed by atoms with Gasteiger partial charge in [-0.3, -0.25) is 19.3 Å². The van der Waals surface area contributed by atoms with Crippen LogP contribution in [0.3, 0.4) is 0 Å². The van der Waals surface area contributed by atoms with Gasteiger partial charge in [0.05, 0.1) is 26.2 Å². The summed E-state index contributed by atoms with van der Waals surface area (Å²) < 4.78 is 11.4. The molecule has 2 aromatic carbocycles. The van der Waals surface area contributed by atoms with Crippen molar-refractivity contribution in [2.75, 3.05) is 7.11 Å². The Kier molecular flexibility index (Phi) is 6.21. The lowest BCUT2D eigenvalue weighted by Crippen LogP contribution is -2.41. The zero-order valence-corrected chi connectivity index (χ0v) is 17.5. The number of ether oxygens (including phenoxy) is 2. The average Bonchev–Trinajstić information content (AvgIpc) is 3.38. The summed E-state index contributed by atoms with van der Waals surface area (Å²) in [5.74, 6) is -0.0323. The van der Waals surface area contributed by atoms with Crippen molar-refractivity contribution in [1.29, 1.82) is 0 Å². The summed E-state index contributed by atoms with van der Waals surface area (Å²) in [6.07, 6.45) is 4.30. The van der Waals surface area contributed by atoms with Gasteiger partial charge in [-0.15, -0.1) is 0 Å². The van der Waals surface area contributed by atoms with Crippen LogP contribution in [0.25, 0.3) is 0 Å². The maximum atomic E-state index is 12.8. The van der Waals surface area contributed by atoms with E-state index < -0.39 is 17.9 Å². The van der Waals surface area contributed by atoms with E-state index in [0.717, 1.165) is 31.2 Å². The smallest absolute Gasteiger partial charge is 0.252 e. The van der Waals surface area contributed by atoms with Gasteiger partial charge in [0.2, 0.25) is 5.91 Å². The highest BCUT2D eigenvalue weighted by Gasteiger charge is 2.39. The van der Waals surface area contributed by atoms with Gasteiger partial charge in [0, 0.05) is 5.56 Å². The minimum absolute atomic E-state index is 0.0427. The van der Waals surface area contributed by atoms with Gasteiger partial charge in [0.25, 0.3) is 11.8 Å². The van der Waals surface area contributed by atoms with Crippen LogP contribution in [-0.2, 0) is 16.1 Å². The molecule has 3 amide bonds. The number of imide groups is 1. The molecule has 1 unspecified atom stereocenters. The summed E-state index contributed by atoms with van der Waals surface area (Å²) in [4.78, 5) is 39.1. The van der Waals surface area contributed by atoms with E-state index >= 15 is 0 Å². The zero-order chi connectivity index (χ0) is 21.8. The average molecular weight is 422 g/mol. The zero-order valence-electron chi connectivity index (χ0n) is 17.5. The first-order valence-corrected chi connectivity index (χ1v) is 10.6. The van der Waals surface area contributed by atoms with Gasteiger partial charge in [-0.1, -0.05) is 30.3 Å². The molecule has 1 saturated heterocycles. The number of methoxy groups -OCH3 is 1. The van der Waals surface area contributed by atoms with E-state index in [1.807, 2.05) is 30.3 Å². The van der Waals surface area contributed by atoms with E-state index in [9.17, 15) is 14.4 Å². The number of rotatable bonds is 7. The molecule has 31 heavy (non-hydrogen) atoms. The van der Waals surface area contributed by atoms with Gasteiger partial charge in [-0.2, -0.15) is 0 Å². The van der Waals surface area contributed by atoms with Crippen LogP contribution in [-0.4, -0.2) is 41.9 Å². The Hall–Kier alpha value is -3.35. The lowest BCUT2D eigenvalue weighted by atomic mass is 10.1. The Bertz CT molecular complexity index is 969. The normalized spacial score (nSPS) is 19.0. The molecule has 162 valence electrons. The van der Waals surface area contributed by atoms with Crippen molar-refractivity contribution in [3.05, 3.63) is 59.7 Å². The Morgan fingerprint density at radius 3 is 2.52 bits per heavy atom. The topological polar surface area (TPSA) is 84.9 Å². The van der Waals surface area contributed by atoms with Crippen molar-refractivity contribution >= 4 is 17.7 Å². The largest absolute Gasteiger partial charge is 0.493 e. The molecule has 1 aliphatic heterocycles. The summed E-state index contributed by atoms with van der Waals surface area (Å²) in [6.45, 7) is 0.201. The number of likely N-dealkylation sites (tertiary alicyclic amines) is 1. The number of nitrogens with one attached hydrogen (secondary N) is 1. The highest BCUT2D eigenvalue weighted by atomic mass is 16.5. The molecule has 1 N–H and O–H groups in total. The number of hydrogen-bond donors (Lipinski definition) is 1. The second kappa shape index (κ2) is 9.20. The number of benzene rings is 2. The van der Waals surface area contributed by atoms with E-state index in [-0.39, 0.29) is 25.0 Å². The molecule has 0 aromatic heterocycles. The van der Waals surface area contributed by atoms with Gasteiger partial charge >= 0.3 is 0 Å². The molecule has 7 heteroatoms. The van der Waals surface area contributed by atoms with Crippen LogP contribution in [0.2, 0.25) is 0 Å². The van der Waals surface area contributed by atoms with Crippen molar-refractivity contribution in [2.24, 2.45) is 0 Å². The monoisotopic (exact) mass is 422 g/mol. The number of carbonyl (C=O) groups excluding carboxylic acids is 3. The summed E-state index contributed by atoms with van der Waals surface area (Å²) in [5, 5.41) is 2.70. The highest BCUT2D eigenvalue weighted by Crippen LogP contribution is 2.32. The summed E-state index contributed by atoms with van der Waals surface area (Å²) in [7, 11) is 1.56. The quantitative estimate of drug-likeness (QED) is 0.693. The molecule has 7 nitrogen and oxygen atoms in total. The molecule has 2 aromatic rings. The van der Waals surface area contributed by atoms with Gasteiger partial charge in [0.15, 0.2) is 11.5 Å². The molecule has 2 fully saturated rings. The third-order valence-corrected chi connectivity index (χ3v) is 5.75. The van der Waals surface area contributed by atoms with Crippen LogP contribution >= 0.6 is 0 Å². The number of nitrogens with zero attached hydrogens (tertiary/aromatic N) is 1. The molecule has 1 aliphatic carbocycles. The van der Waals surface area contributed by atoms with Crippen LogP contribution in [0.4, 0.5) is 0 Å². The first-order chi connectivity index (χ1) is 15.0. The van der Waals surface area contributed by atoms with E-state index in [2.05, 4.69) is 5.32 Å². The third-order valence-electron chi connectivity index (χ3n) is 5.75. The predicted molar refractivity (Wildman–Crippen MR) is 114 cm³/mol. The molecule has 0 bridgehead atoms. The van der Waals surface area contributed by atoms with Crippen molar-refractivity contribution < 1.29 is 23.9 Å². The van der Waals surface area contributed by atoms with Crippen LogP contribution < -0.4 is 14.8 Å². The first kappa shape index (κ1) is 20.9. The molecular formula is C24H26N2O5. The summed E-state index contributed by atoms with van der Waals surface area (Å²) in [5.41, 5.74) is 1.22. The van der Waals surface area contributed by atoms with E-state index in [1.165, 1.54) is 4.90 Å². The van der Waals surface area contributed by atoms with Crippen LogP contribution in [0.5, 0.6) is 11.5 Å². The second-order valence-electron chi connectivity index (χ2n) is 7.92. The number of hydrogen-bond acceptors (Lipinski definition) is 5. The minimum atomic E-state index is -0.870. The van der Waals surface area contributed by atoms with E-state index in [0.29, 0.717) is 17.1 Å². The fourth-order valence-electron chi connectivity index (χ4n) is 4.07. The fraction of sp³-hybridized carbons (Fsp3) is 0.375. The van der Waals surface area contributed by atoms with Gasteiger partial charge in [-0.25, -0.2) is 0 Å². The molecule has 1 atom stereocenters. The molecular weight excluding hydrogens is 396 g/mol. The van der Waals surface area contributed by atoms with Crippen LogP contribution in [0, 0.1) is 0 Å². The maximum Gasteiger partial charge on any atom is 0.252 e. The first-order valence-electron chi connectivity index (χ1n) is 10.6. The summed E-state index contributed by atoms with van der Waals surface area (Å²) >= 11 is 0. The second-order valence-corrected chi connectivity index (χ2v) is 7.92. The minimum Gasteiger partial charge on any atom is -0.493 e. The fourth-order valence-corrected chi connectivity index (χ4v) is 4.07. The molecule has 4 rings (SSSR count). The molecule has 0 radical (unpaired) electrons. The molecule has 0 spiro atoms. The van der Waals surface area contributed by atoms with Crippen LogP contribution in [0.15, 0.2) is 48.5 Å². The van der Waals surface area contributed by atoms with E-state index in [4.69, 9.17) is 9.47 Å². The Morgan fingerprint density at radius 1 is 1.06 bits per heavy atom. The van der Waals surface area contributed by atoms with Crippen LogP contribution in [0.1, 0.15) is 48.0 Å². The third kappa shape index (κ3) is 4.71. The lowest BCUT2D eigenvalue weighted by molar-refractivity contribution is -0.139. The Balaban J connectivity index is 1.44. The maximum absolute atomic E-state index is 12.8. The molecule has 2 aliphatic rings. The van der Waals surface area contributed by atoms with Gasteiger partial charge in [0.1, 0.15) is 6.04 Å². The van der Waals surface area contributed by atoms with E-state index in [1.54, 1.807) is 25.3 Å². The van der Waals surface area contributed by atoms with Crippen molar-refractivity contribution in [3.63, 3.8) is 0 Å². The van der Waals surface area contributed by atoms with Gasteiger partial charge in [-0.05, 0) is 49.4 Å². The van der Waals surface area contributed by atoms with Crippen molar-refractivity contribution in [3.8, 4) is 11.5 Å². The highest BCUT2D eigenvalue weighted by molar-refractivity contribution is 6.08. The van der Waals surface area contributed by atoms with Crippen molar-refractivity contribution in [1.82, 2.24) is 10.2 Å². The number of carbonyl (C=O) groups is 3. The van der Waals surface area contributed by atoms with Crippen molar-refractivity contribution in [2.45, 2.75) is 50.8 Å². The van der Waals surface area contributed by atoms with Gasteiger partial charge < -0.3 is 14.8 Å². The number of amides is 3.